The van der Waals surface area contributed by atoms with E-state index >= 15 is 0 Å². The van der Waals surface area contributed by atoms with Crippen molar-refractivity contribution in [2.75, 3.05) is 36.9 Å². The standard InChI is InChI=1S/C25H37N5O3/c26-24-28-21(30-4-2-25(3-5-30)13-20(23(31)32)27-14-25)12-22(29-24)33-6-1-19-17-8-15-7-16(10-17)11-18(19)9-15/h12,15-20,27H,1-11,13-14H2,(H,31,32)(H2,26,28,29)/t15?,16?,17?,18?,19?,20-/m0/s1. The Morgan fingerprint density at radius 1 is 1.15 bits per heavy atom. The average Bonchev–Trinajstić information content (AvgIpc) is 3.19. The minimum absolute atomic E-state index is 0.0795. The van der Waals surface area contributed by atoms with Crippen molar-refractivity contribution in [2.24, 2.45) is 35.0 Å². The molecule has 6 fully saturated rings. The number of ether oxygens (including phenoxy) is 1. The third-order valence-corrected chi connectivity index (χ3v) is 9.64. The monoisotopic (exact) mass is 455 g/mol. The lowest BCUT2D eigenvalue weighted by Crippen LogP contribution is -2.45. The van der Waals surface area contributed by atoms with Crippen molar-refractivity contribution in [1.82, 2.24) is 15.3 Å². The van der Waals surface area contributed by atoms with Crippen LogP contribution in [0, 0.1) is 35.0 Å². The molecule has 3 heterocycles. The molecule has 4 aliphatic carbocycles. The van der Waals surface area contributed by atoms with E-state index in [9.17, 15) is 9.90 Å². The fourth-order valence-corrected chi connectivity index (χ4v) is 8.16. The van der Waals surface area contributed by atoms with Gasteiger partial charge in [-0.15, -0.1) is 0 Å². The van der Waals surface area contributed by atoms with E-state index in [-0.39, 0.29) is 11.4 Å². The number of rotatable bonds is 6. The number of hydrogen-bond donors (Lipinski definition) is 3. The van der Waals surface area contributed by atoms with E-state index < -0.39 is 12.0 Å². The minimum atomic E-state index is -0.742. The maximum atomic E-state index is 11.3. The molecule has 0 amide bonds. The molecule has 2 saturated heterocycles. The molecule has 4 saturated carbocycles. The van der Waals surface area contributed by atoms with E-state index in [0.29, 0.717) is 18.9 Å². The summed E-state index contributed by atoms with van der Waals surface area (Å²) in [5.74, 6) is 5.59. The van der Waals surface area contributed by atoms with Crippen molar-refractivity contribution in [2.45, 2.75) is 63.8 Å². The van der Waals surface area contributed by atoms with Crippen LogP contribution in [-0.4, -0.2) is 53.3 Å². The van der Waals surface area contributed by atoms with Crippen LogP contribution in [0.15, 0.2) is 6.07 Å². The first-order valence-corrected chi connectivity index (χ1v) is 12.9. The lowest BCUT2D eigenvalue weighted by molar-refractivity contribution is -0.139. The van der Waals surface area contributed by atoms with Crippen molar-refractivity contribution in [3.63, 3.8) is 0 Å². The summed E-state index contributed by atoms with van der Waals surface area (Å²) in [6.45, 7) is 3.17. The molecule has 7 rings (SSSR count). The molecular formula is C25H37N5O3. The average molecular weight is 456 g/mol. The number of carboxylic acid groups (broad SMARTS) is 1. The minimum Gasteiger partial charge on any atom is -0.480 e. The molecule has 8 heteroatoms. The SMILES string of the molecule is Nc1nc(OCCC2C3CC4CC(C3)CC2C4)cc(N2CCC3(CC2)CN[C@H](C(=O)O)C3)n1. The molecule has 1 atom stereocenters. The first-order chi connectivity index (χ1) is 16.0. The summed E-state index contributed by atoms with van der Waals surface area (Å²) in [6, 6.07) is 1.51. The fourth-order valence-electron chi connectivity index (χ4n) is 8.16. The van der Waals surface area contributed by atoms with Gasteiger partial charge in [0.1, 0.15) is 11.9 Å². The molecule has 8 nitrogen and oxygen atoms in total. The van der Waals surface area contributed by atoms with Crippen molar-refractivity contribution in [3.05, 3.63) is 6.07 Å². The molecule has 0 radical (unpaired) electrons. The van der Waals surface area contributed by atoms with Crippen LogP contribution in [0.1, 0.15) is 57.8 Å². The second kappa shape index (κ2) is 8.29. The quantitative estimate of drug-likeness (QED) is 0.600. The number of hydrogen-bond acceptors (Lipinski definition) is 7. The van der Waals surface area contributed by atoms with Gasteiger partial charge >= 0.3 is 5.97 Å². The number of nitrogen functional groups attached to an aromatic ring is 1. The van der Waals surface area contributed by atoms with Gasteiger partial charge in [0.25, 0.3) is 0 Å². The van der Waals surface area contributed by atoms with Gasteiger partial charge in [0, 0.05) is 25.7 Å². The first-order valence-electron chi connectivity index (χ1n) is 12.9. The second-order valence-corrected chi connectivity index (χ2v) is 11.6. The lowest BCUT2D eigenvalue weighted by atomic mass is 9.51. The van der Waals surface area contributed by atoms with E-state index in [2.05, 4.69) is 20.2 Å². The van der Waals surface area contributed by atoms with E-state index in [1.165, 1.54) is 32.1 Å². The molecule has 4 N–H and O–H groups in total. The summed E-state index contributed by atoms with van der Waals surface area (Å²) in [5, 5.41) is 12.5. The molecule has 0 unspecified atom stereocenters. The molecule has 33 heavy (non-hydrogen) atoms. The van der Waals surface area contributed by atoms with Gasteiger partial charge in [0.2, 0.25) is 11.8 Å². The van der Waals surface area contributed by atoms with E-state index in [0.717, 1.165) is 74.3 Å². The Labute approximate surface area is 195 Å². The van der Waals surface area contributed by atoms with Gasteiger partial charge in [0.15, 0.2) is 0 Å². The Morgan fingerprint density at radius 2 is 1.85 bits per heavy atom. The first kappa shape index (κ1) is 21.4. The molecule has 4 bridgehead atoms. The number of nitrogens with zero attached hydrogens (tertiary/aromatic N) is 3. The summed E-state index contributed by atoms with van der Waals surface area (Å²) in [4.78, 5) is 22.4. The van der Waals surface area contributed by atoms with Crippen LogP contribution in [0.5, 0.6) is 5.88 Å². The largest absolute Gasteiger partial charge is 0.480 e. The van der Waals surface area contributed by atoms with Gasteiger partial charge in [-0.3, -0.25) is 4.79 Å². The predicted octanol–water partition coefficient (Wildman–Crippen LogP) is 2.93. The van der Waals surface area contributed by atoms with Crippen molar-refractivity contribution in [1.29, 1.82) is 0 Å². The second-order valence-electron chi connectivity index (χ2n) is 11.6. The Bertz CT molecular complexity index is 872. The predicted molar refractivity (Wildman–Crippen MR) is 125 cm³/mol. The zero-order chi connectivity index (χ0) is 22.6. The Balaban J connectivity index is 1.04. The van der Waals surface area contributed by atoms with Crippen LogP contribution < -0.4 is 20.7 Å². The number of piperidine rings is 1. The number of nitrogens with one attached hydrogen (secondary N) is 1. The third-order valence-electron chi connectivity index (χ3n) is 9.64. The fraction of sp³-hybridized carbons (Fsp3) is 0.800. The summed E-state index contributed by atoms with van der Waals surface area (Å²) in [7, 11) is 0. The Hall–Kier alpha value is -2.09. The van der Waals surface area contributed by atoms with Crippen LogP contribution in [0.3, 0.4) is 0 Å². The highest BCUT2D eigenvalue weighted by Gasteiger charge is 2.48. The van der Waals surface area contributed by atoms with Crippen LogP contribution >= 0.6 is 0 Å². The Kier molecular flexibility index (Phi) is 5.39. The molecule has 1 spiro atoms. The summed E-state index contributed by atoms with van der Waals surface area (Å²) >= 11 is 0. The van der Waals surface area contributed by atoms with Gasteiger partial charge in [-0.05, 0) is 92.8 Å². The zero-order valence-corrected chi connectivity index (χ0v) is 19.4. The van der Waals surface area contributed by atoms with Crippen LogP contribution in [0.2, 0.25) is 0 Å². The smallest absolute Gasteiger partial charge is 0.320 e. The normalized spacial score (nSPS) is 36.4. The number of carboxylic acids is 1. The molecular weight excluding hydrogens is 418 g/mol. The Morgan fingerprint density at radius 3 is 2.48 bits per heavy atom. The molecule has 1 aromatic rings. The molecule has 6 aliphatic rings. The maximum Gasteiger partial charge on any atom is 0.320 e. The van der Waals surface area contributed by atoms with Crippen LogP contribution in [-0.2, 0) is 4.79 Å². The van der Waals surface area contributed by atoms with E-state index in [4.69, 9.17) is 10.5 Å². The number of nitrogens with two attached hydrogens (primary N) is 1. The highest BCUT2D eigenvalue weighted by Crippen LogP contribution is 2.57. The summed E-state index contributed by atoms with van der Waals surface area (Å²) in [5.41, 5.74) is 6.12. The number of aromatic nitrogens is 2. The zero-order valence-electron chi connectivity index (χ0n) is 19.4. The summed E-state index contributed by atoms with van der Waals surface area (Å²) < 4.78 is 6.13. The van der Waals surface area contributed by atoms with Crippen molar-refractivity contribution >= 4 is 17.7 Å². The van der Waals surface area contributed by atoms with Crippen LogP contribution in [0.25, 0.3) is 0 Å². The number of carbonyl (C=O) groups is 1. The highest BCUT2D eigenvalue weighted by molar-refractivity contribution is 5.74. The van der Waals surface area contributed by atoms with Gasteiger partial charge < -0.3 is 25.8 Å². The van der Waals surface area contributed by atoms with Gasteiger partial charge in [-0.1, -0.05) is 0 Å². The van der Waals surface area contributed by atoms with Crippen molar-refractivity contribution in [3.8, 4) is 5.88 Å². The molecule has 1 aromatic heterocycles. The number of anilines is 2. The molecule has 180 valence electrons. The topological polar surface area (TPSA) is 114 Å². The highest BCUT2D eigenvalue weighted by atomic mass is 16.5. The lowest BCUT2D eigenvalue weighted by Gasteiger charge is -2.54. The van der Waals surface area contributed by atoms with Crippen molar-refractivity contribution < 1.29 is 14.6 Å². The van der Waals surface area contributed by atoms with Gasteiger partial charge in [-0.25, -0.2) is 0 Å². The maximum absolute atomic E-state index is 11.3. The molecule has 2 aliphatic heterocycles. The van der Waals surface area contributed by atoms with Gasteiger partial charge in [-0.2, -0.15) is 9.97 Å². The molecule has 0 aromatic carbocycles. The van der Waals surface area contributed by atoms with Crippen LogP contribution in [0.4, 0.5) is 11.8 Å². The van der Waals surface area contributed by atoms with E-state index in [1.54, 1.807) is 0 Å². The van der Waals surface area contributed by atoms with Gasteiger partial charge in [0.05, 0.1) is 6.61 Å². The summed E-state index contributed by atoms with van der Waals surface area (Å²) in [6.07, 6.45) is 11.0. The number of aliphatic carboxylic acids is 1. The third kappa shape index (κ3) is 4.15. The van der Waals surface area contributed by atoms with E-state index in [1.807, 2.05) is 6.07 Å².